The van der Waals surface area contributed by atoms with Crippen molar-refractivity contribution in [1.29, 1.82) is 0 Å². The van der Waals surface area contributed by atoms with Gasteiger partial charge in [0.1, 0.15) is 0 Å². The summed E-state index contributed by atoms with van der Waals surface area (Å²) in [5, 5.41) is 9.10. The third-order valence-corrected chi connectivity index (χ3v) is 3.01. The number of aliphatic hydroxyl groups is 1. The van der Waals surface area contributed by atoms with Crippen molar-refractivity contribution < 1.29 is 5.11 Å². The highest BCUT2D eigenvalue weighted by Crippen LogP contribution is 2.41. The zero-order valence-corrected chi connectivity index (χ0v) is 8.66. The molecule has 0 amide bonds. The van der Waals surface area contributed by atoms with Crippen LogP contribution in [0.1, 0.15) is 41.4 Å². The second-order valence-electron chi connectivity index (χ2n) is 4.27. The van der Waals surface area contributed by atoms with Crippen LogP contribution in [0, 0.1) is 13.8 Å². The molecular formula is C13H17O. The largest absolute Gasteiger partial charge is 0.396 e. The zero-order chi connectivity index (χ0) is 10.1. The summed E-state index contributed by atoms with van der Waals surface area (Å²) in [6.07, 6.45) is 2.65. The molecule has 0 aliphatic heterocycles. The van der Waals surface area contributed by atoms with E-state index >= 15 is 0 Å². The van der Waals surface area contributed by atoms with Crippen LogP contribution in [0.3, 0.4) is 0 Å². The van der Waals surface area contributed by atoms with Gasteiger partial charge in [-0.1, -0.05) is 18.2 Å². The lowest BCUT2D eigenvalue weighted by atomic mass is 9.94. The van der Waals surface area contributed by atoms with Crippen LogP contribution in [0.4, 0.5) is 0 Å². The molecule has 1 saturated carbocycles. The van der Waals surface area contributed by atoms with Crippen molar-refractivity contribution >= 4 is 0 Å². The number of aryl methyl sites for hydroxylation is 1. The Labute approximate surface area is 85.8 Å². The van der Waals surface area contributed by atoms with Gasteiger partial charge in [-0.05, 0) is 49.3 Å². The van der Waals surface area contributed by atoms with Crippen LogP contribution >= 0.6 is 0 Å². The van der Waals surface area contributed by atoms with E-state index in [4.69, 9.17) is 5.11 Å². The molecule has 1 aromatic rings. The number of rotatable bonds is 3. The van der Waals surface area contributed by atoms with Crippen molar-refractivity contribution in [2.24, 2.45) is 0 Å². The van der Waals surface area contributed by atoms with Crippen LogP contribution < -0.4 is 0 Å². The van der Waals surface area contributed by atoms with Crippen molar-refractivity contribution in [1.82, 2.24) is 0 Å². The first-order valence-electron chi connectivity index (χ1n) is 5.26. The molecule has 0 aromatic heterocycles. The van der Waals surface area contributed by atoms with Crippen LogP contribution in [-0.2, 0) is 0 Å². The van der Waals surface area contributed by atoms with Gasteiger partial charge in [0.15, 0.2) is 0 Å². The highest BCUT2D eigenvalue weighted by molar-refractivity contribution is 5.37. The molecule has 0 spiro atoms. The Morgan fingerprint density at radius 1 is 1.50 bits per heavy atom. The van der Waals surface area contributed by atoms with Gasteiger partial charge in [-0.15, -0.1) is 0 Å². The maximum atomic E-state index is 9.10. The molecule has 1 aliphatic carbocycles. The number of benzene rings is 1. The third-order valence-electron chi connectivity index (χ3n) is 3.01. The molecule has 1 heteroatoms. The van der Waals surface area contributed by atoms with Gasteiger partial charge in [0.25, 0.3) is 0 Å². The first kappa shape index (κ1) is 9.72. The molecule has 1 N–H and O–H groups in total. The highest BCUT2D eigenvalue weighted by Gasteiger charge is 2.24. The Bertz CT molecular complexity index is 326. The van der Waals surface area contributed by atoms with Gasteiger partial charge >= 0.3 is 0 Å². The normalized spacial score (nSPS) is 18.2. The van der Waals surface area contributed by atoms with E-state index in [-0.39, 0.29) is 12.5 Å². The quantitative estimate of drug-likeness (QED) is 0.775. The predicted molar refractivity (Wildman–Crippen MR) is 58.3 cm³/mol. The molecule has 0 heterocycles. The molecule has 0 bridgehead atoms. The van der Waals surface area contributed by atoms with Gasteiger partial charge in [-0.2, -0.15) is 0 Å². The molecule has 1 fully saturated rings. The van der Waals surface area contributed by atoms with Crippen molar-refractivity contribution in [2.75, 3.05) is 6.61 Å². The molecule has 1 unspecified atom stereocenters. The van der Waals surface area contributed by atoms with Gasteiger partial charge in [0, 0.05) is 12.5 Å². The summed E-state index contributed by atoms with van der Waals surface area (Å²) in [6, 6.07) is 6.58. The summed E-state index contributed by atoms with van der Waals surface area (Å²) < 4.78 is 0. The molecule has 2 rings (SSSR count). The van der Waals surface area contributed by atoms with E-state index in [0.717, 1.165) is 5.92 Å². The standard InChI is InChI=1S/C13H17O/c1-9-3-4-12(11-5-6-11)7-13(9)10(2)8-14/h3-4,7,10-11,14H,2,5-6,8H2,1H3. The maximum Gasteiger partial charge on any atom is 0.0499 e. The summed E-state index contributed by atoms with van der Waals surface area (Å²) in [7, 11) is 0. The van der Waals surface area contributed by atoms with Crippen LogP contribution in [0.25, 0.3) is 0 Å². The van der Waals surface area contributed by atoms with Crippen molar-refractivity contribution in [2.45, 2.75) is 31.6 Å². The zero-order valence-electron chi connectivity index (χ0n) is 8.66. The van der Waals surface area contributed by atoms with E-state index in [1.807, 2.05) is 0 Å². The van der Waals surface area contributed by atoms with Crippen molar-refractivity contribution in [3.63, 3.8) is 0 Å². The van der Waals surface area contributed by atoms with Gasteiger partial charge < -0.3 is 5.11 Å². The summed E-state index contributed by atoms with van der Waals surface area (Å²) in [5.41, 5.74) is 3.87. The van der Waals surface area contributed by atoms with E-state index in [9.17, 15) is 0 Å². The van der Waals surface area contributed by atoms with Gasteiger partial charge in [-0.25, -0.2) is 0 Å². The molecule has 14 heavy (non-hydrogen) atoms. The average Bonchev–Trinajstić information content (AvgIpc) is 3.01. The smallest absolute Gasteiger partial charge is 0.0499 e. The molecule has 0 saturated heterocycles. The maximum absolute atomic E-state index is 9.10. The molecule has 1 aliphatic rings. The van der Waals surface area contributed by atoms with Gasteiger partial charge in [0.05, 0.1) is 0 Å². The first-order chi connectivity index (χ1) is 6.72. The fraction of sp³-hybridized carbons (Fsp3) is 0.462. The minimum Gasteiger partial charge on any atom is -0.396 e. The Morgan fingerprint density at radius 3 is 2.79 bits per heavy atom. The fourth-order valence-corrected chi connectivity index (χ4v) is 1.87. The number of aliphatic hydroxyl groups excluding tert-OH is 1. The molecule has 1 atom stereocenters. The molecular weight excluding hydrogens is 172 g/mol. The summed E-state index contributed by atoms with van der Waals surface area (Å²) in [6.45, 7) is 6.18. The average molecular weight is 189 g/mol. The second-order valence-corrected chi connectivity index (χ2v) is 4.27. The second kappa shape index (κ2) is 3.74. The van der Waals surface area contributed by atoms with Gasteiger partial charge in [-0.3, -0.25) is 0 Å². The van der Waals surface area contributed by atoms with Crippen LogP contribution in [0.2, 0.25) is 0 Å². The molecule has 75 valence electrons. The van der Waals surface area contributed by atoms with Crippen LogP contribution in [-0.4, -0.2) is 11.7 Å². The van der Waals surface area contributed by atoms with Gasteiger partial charge in [0.2, 0.25) is 0 Å². The fourth-order valence-electron chi connectivity index (χ4n) is 1.87. The summed E-state index contributed by atoms with van der Waals surface area (Å²) in [4.78, 5) is 0. The summed E-state index contributed by atoms with van der Waals surface area (Å²) >= 11 is 0. The molecule has 1 nitrogen and oxygen atoms in total. The lowest BCUT2D eigenvalue weighted by Gasteiger charge is -2.13. The minimum absolute atomic E-state index is 0.0219. The van der Waals surface area contributed by atoms with E-state index < -0.39 is 0 Å². The Morgan fingerprint density at radius 2 is 2.21 bits per heavy atom. The van der Waals surface area contributed by atoms with Crippen molar-refractivity contribution in [3.8, 4) is 0 Å². The lowest BCUT2D eigenvalue weighted by molar-refractivity contribution is 0.282. The topological polar surface area (TPSA) is 20.2 Å². The Hall–Kier alpha value is -0.820. The number of hydrogen-bond donors (Lipinski definition) is 1. The predicted octanol–water partition coefficient (Wildman–Crippen LogP) is 2.78. The highest BCUT2D eigenvalue weighted by atomic mass is 16.3. The Balaban J connectivity index is 2.31. The van der Waals surface area contributed by atoms with E-state index in [1.165, 1.54) is 29.5 Å². The van der Waals surface area contributed by atoms with Crippen molar-refractivity contribution in [3.05, 3.63) is 41.8 Å². The molecule has 1 aromatic carbocycles. The van der Waals surface area contributed by atoms with Crippen LogP contribution in [0.5, 0.6) is 0 Å². The SMILES string of the molecule is [CH2]C(CO)c1cc(C2CC2)ccc1C. The first-order valence-corrected chi connectivity index (χ1v) is 5.26. The van der Waals surface area contributed by atoms with E-state index in [2.05, 4.69) is 32.0 Å². The number of hydrogen-bond acceptors (Lipinski definition) is 1. The monoisotopic (exact) mass is 189 g/mol. The van der Waals surface area contributed by atoms with Crippen LogP contribution in [0.15, 0.2) is 18.2 Å². The minimum atomic E-state index is 0.0219. The summed E-state index contributed by atoms with van der Waals surface area (Å²) in [5.74, 6) is 0.800. The molecule has 1 radical (unpaired) electrons. The van der Waals surface area contributed by atoms with E-state index in [1.54, 1.807) is 0 Å². The lowest BCUT2D eigenvalue weighted by Crippen LogP contribution is -2.02. The Kier molecular flexibility index (Phi) is 2.60. The van der Waals surface area contributed by atoms with E-state index in [0.29, 0.717) is 0 Å². The third kappa shape index (κ3) is 1.83.